The van der Waals surface area contributed by atoms with Crippen LogP contribution in [0.25, 0.3) is 0 Å². The quantitative estimate of drug-likeness (QED) is 0.866. The van der Waals surface area contributed by atoms with Crippen molar-refractivity contribution in [2.45, 2.75) is 18.9 Å². The highest BCUT2D eigenvalue weighted by Crippen LogP contribution is 2.40. The Balaban J connectivity index is 1.98. The smallest absolute Gasteiger partial charge is 0.223 e. The first-order chi connectivity index (χ1) is 11.1. The highest BCUT2D eigenvalue weighted by atomic mass is 35.5. The number of anilines is 2. The predicted molar refractivity (Wildman–Crippen MR) is 90.3 cm³/mol. The van der Waals surface area contributed by atoms with Gasteiger partial charge in [-0.2, -0.15) is 4.98 Å². The molecule has 0 radical (unpaired) electrons. The van der Waals surface area contributed by atoms with E-state index in [0.717, 1.165) is 42.3 Å². The molecule has 0 amide bonds. The summed E-state index contributed by atoms with van der Waals surface area (Å²) in [6.45, 7) is 0.882. The summed E-state index contributed by atoms with van der Waals surface area (Å²) < 4.78 is 10.8. The highest BCUT2D eigenvalue weighted by molar-refractivity contribution is 6.29. The molecule has 2 N–H and O–H groups in total. The SMILES string of the molecule is COc1ccc([C@H]2CCCN2c2cc(Cl)nc(N)n2)c(OC)c1. The van der Waals surface area contributed by atoms with E-state index in [1.807, 2.05) is 18.2 Å². The third-order valence-electron chi connectivity index (χ3n) is 4.05. The van der Waals surface area contributed by atoms with Crippen molar-refractivity contribution in [2.75, 3.05) is 31.4 Å². The van der Waals surface area contributed by atoms with Gasteiger partial charge in [-0.25, -0.2) is 4.98 Å². The second kappa shape index (κ2) is 6.50. The molecule has 0 aliphatic carbocycles. The molecule has 1 aliphatic heterocycles. The molecule has 1 saturated heterocycles. The third-order valence-corrected chi connectivity index (χ3v) is 4.24. The molecular formula is C16H19ClN4O2. The van der Waals surface area contributed by atoms with E-state index in [0.29, 0.717) is 5.15 Å². The number of hydrogen-bond donors (Lipinski definition) is 1. The summed E-state index contributed by atoms with van der Waals surface area (Å²) in [4.78, 5) is 10.4. The Labute approximate surface area is 140 Å². The Hall–Kier alpha value is -2.21. The monoisotopic (exact) mass is 334 g/mol. The number of methoxy groups -OCH3 is 2. The molecule has 0 bridgehead atoms. The number of nitrogens with zero attached hydrogens (tertiary/aromatic N) is 3. The van der Waals surface area contributed by atoms with Gasteiger partial charge in [0, 0.05) is 24.2 Å². The molecule has 7 heteroatoms. The Morgan fingerprint density at radius 2 is 2.04 bits per heavy atom. The van der Waals surface area contributed by atoms with Crippen molar-refractivity contribution in [1.29, 1.82) is 0 Å². The molecule has 1 fully saturated rings. The maximum absolute atomic E-state index is 6.02. The van der Waals surface area contributed by atoms with Gasteiger partial charge >= 0.3 is 0 Å². The third kappa shape index (κ3) is 3.12. The molecule has 1 aromatic heterocycles. The maximum Gasteiger partial charge on any atom is 0.223 e. The van der Waals surface area contributed by atoms with Crippen LogP contribution in [0.2, 0.25) is 5.15 Å². The Morgan fingerprint density at radius 3 is 2.74 bits per heavy atom. The zero-order valence-corrected chi connectivity index (χ0v) is 13.9. The molecule has 2 aromatic rings. The van der Waals surface area contributed by atoms with Gasteiger partial charge in [0.05, 0.1) is 20.3 Å². The van der Waals surface area contributed by atoms with Gasteiger partial charge in [-0.1, -0.05) is 11.6 Å². The molecular weight excluding hydrogens is 316 g/mol. The van der Waals surface area contributed by atoms with Crippen LogP contribution < -0.4 is 20.1 Å². The molecule has 1 aliphatic rings. The van der Waals surface area contributed by atoms with Crippen molar-refractivity contribution in [3.8, 4) is 11.5 Å². The number of nitrogen functional groups attached to an aromatic ring is 1. The summed E-state index contributed by atoms with van der Waals surface area (Å²) in [5.41, 5.74) is 6.83. The first-order valence-electron chi connectivity index (χ1n) is 7.41. The van der Waals surface area contributed by atoms with Crippen LogP contribution in [-0.2, 0) is 0 Å². The number of hydrogen-bond acceptors (Lipinski definition) is 6. The van der Waals surface area contributed by atoms with Crippen LogP contribution in [0.4, 0.5) is 11.8 Å². The van der Waals surface area contributed by atoms with Gasteiger partial charge in [-0.3, -0.25) is 0 Å². The minimum atomic E-state index is 0.154. The van der Waals surface area contributed by atoms with Gasteiger partial charge in [0.2, 0.25) is 5.95 Å². The van der Waals surface area contributed by atoms with Crippen molar-refractivity contribution in [1.82, 2.24) is 9.97 Å². The minimum Gasteiger partial charge on any atom is -0.497 e. The molecule has 122 valence electrons. The summed E-state index contributed by atoms with van der Waals surface area (Å²) in [5.74, 6) is 2.49. The van der Waals surface area contributed by atoms with Crippen LogP contribution in [0.3, 0.4) is 0 Å². The van der Waals surface area contributed by atoms with E-state index >= 15 is 0 Å². The summed E-state index contributed by atoms with van der Waals surface area (Å²) >= 11 is 6.02. The van der Waals surface area contributed by atoms with Crippen LogP contribution in [0, 0.1) is 0 Å². The fraction of sp³-hybridized carbons (Fsp3) is 0.375. The van der Waals surface area contributed by atoms with Crippen molar-refractivity contribution in [3.05, 3.63) is 35.0 Å². The lowest BCUT2D eigenvalue weighted by molar-refractivity contribution is 0.388. The van der Waals surface area contributed by atoms with Crippen molar-refractivity contribution >= 4 is 23.4 Å². The van der Waals surface area contributed by atoms with E-state index in [1.165, 1.54) is 0 Å². The van der Waals surface area contributed by atoms with Crippen LogP contribution >= 0.6 is 11.6 Å². The zero-order chi connectivity index (χ0) is 16.4. The van der Waals surface area contributed by atoms with Gasteiger partial charge in [-0.15, -0.1) is 0 Å². The predicted octanol–water partition coefficient (Wildman–Crippen LogP) is 3.07. The molecule has 0 saturated carbocycles. The number of nitrogens with two attached hydrogens (primary N) is 1. The van der Waals surface area contributed by atoms with Gasteiger partial charge in [-0.05, 0) is 25.0 Å². The zero-order valence-electron chi connectivity index (χ0n) is 13.1. The van der Waals surface area contributed by atoms with Gasteiger partial charge in [0.25, 0.3) is 0 Å². The van der Waals surface area contributed by atoms with E-state index in [-0.39, 0.29) is 12.0 Å². The fourth-order valence-electron chi connectivity index (χ4n) is 3.03. The highest BCUT2D eigenvalue weighted by Gasteiger charge is 2.30. The Morgan fingerprint density at radius 1 is 1.22 bits per heavy atom. The number of ether oxygens (including phenoxy) is 2. The molecule has 6 nitrogen and oxygen atoms in total. The van der Waals surface area contributed by atoms with Crippen LogP contribution in [0.1, 0.15) is 24.4 Å². The molecule has 1 aromatic carbocycles. The lowest BCUT2D eigenvalue weighted by Crippen LogP contribution is -2.24. The molecule has 1 atom stereocenters. The molecule has 0 spiro atoms. The number of benzene rings is 1. The van der Waals surface area contributed by atoms with E-state index in [4.69, 9.17) is 26.8 Å². The summed E-state index contributed by atoms with van der Waals surface area (Å²) in [7, 11) is 3.30. The number of aromatic nitrogens is 2. The maximum atomic E-state index is 6.02. The van der Waals surface area contributed by atoms with Gasteiger partial charge < -0.3 is 20.1 Å². The fourth-order valence-corrected chi connectivity index (χ4v) is 3.21. The summed E-state index contributed by atoms with van der Waals surface area (Å²) in [6.07, 6.45) is 2.06. The largest absolute Gasteiger partial charge is 0.497 e. The van der Waals surface area contributed by atoms with E-state index < -0.39 is 0 Å². The summed E-state index contributed by atoms with van der Waals surface area (Å²) in [6, 6.07) is 7.77. The van der Waals surface area contributed by atoms with Crippen molar-refractivity contribution in [3.63, 3.8) is 0 Å². The average molecular weight is 335 g/mol. The van der Waals surface area contributed by atoms with Crippen molar-refractivity contribution in [2.24, 2.45) is 0 Å². The lowest BCUT2D eigenvalue weighted by atomic mass is 10.0. The Bertz CT molecular complexity index is 690. The van der Waals surface area contributed by atoms with Gasteiger partial charge in [0.15, 0.2) is 0 Å². The first-order valence-corrected chi connectivity index (χ1v) is 7.79. The normalized spacial score (nSPS) is 17.3. The van der Waals surface area contributed by atoms with E-state index in [9.17, 15) is 0 Å². The van der Waals surface area contributed by atoms with Gasteiger partial charge in [0.1, 0.15) is 22.5 Å². The van der Waals surface area contributed by atoms with E-state index in [1.54, 1.807) is 20.3 Å². The van der Waals surface area contributed by atoms with Crippen molar-refractivity contribution < 1.29 is 9.47 Å². The topological polar surface area (TPSA) is 73.5 Å². The standard InChI is InChI=1S/C16H19ClN4O2/c1-22-10-5-6-11(13(8-10)23-2)12-4-3-7-21(12)15-9-14(17)19-16(18)20-15/h5-6,8-9,12H,3-4,7H2,1-2H3,(H2,18,19,20)/t12-/m1/s1. The number of rotatable bonds is 4. The average Bonchev–Trinajstić information content (AvgIpc) is 3.02. The molecule has 2 heterocycles. The summed E-state index contributed by atoms with van der Waals surface area (Å²) in [5, 5.41) is 0.347. The van der Waals surface area contributed by atoms with E-state index in [2.05, 4.69) is 14.9 Å². The first kappa shape index (κ1) is 15.7. The number of halogens is 1. The second-order valence-electron chi connectivity index (χ2n) is 5.37. The molecule has 0 unspecified atom stereocenters. The Kier molecular flexibility index (Phi) is 4.43. The molecule has 3 rings (SSSR count). The van der Waals surface area contributed by atoms with Crippen LogP contribution in [0.15, 0.2) is 24.3 Å². The second-order valence-corrected chi connectivity index (χ2v) is 5.75. The lowest BCUT2D eigenvalue weighted by Gasteiger charge is -2.27. The molecule has 23 heavy (non-hydrogen) atoms. The van der Waals surface area contributed by atoms with Crippen LogP contribution in [-0.4, -0.2) is 30.7 Å². The van der Waals surface area contributed by atoms with Crippen LogP contribution in [0.5, 0.6) is 11.5 Å². The minimum absolute atomic E-state index is 0.154.